The number of hydrogen-bond donors (Lipinski definition) is 0. The summed E-state index contributed by atoms with van der Waals surface area (Å²) in [4.78, 5) is 0. The minimum absolute atomic E-state index is 8.69. The molecule has 0 amide bonds. The first kappa shape index (κ1) is 9.53. The molecule has 0 aliphatic carbocycles. The average molecular weight is 212 g/mol. The SMILES string of the molecule is [O]=[Cr](=[O])(=[O])(=[O])(=[O])(=[O])(=[O])(=[O])(=[O])=[O]. The Bertz CT molecular complexity index is 1500. The van der Waals surface area contributed by atoms with E-state index in [0.29, 0.717) is 0 Å². The van der Waals surface area contributed by atoms with E-state index in [-0.39, 0.29) is 0 Å². The monoisotopic (exact) mass is 212 g/mol. The fourth-order valence-corrected chi connectivity index (χ4v) is 0. The molecule has 0 aliphatic rings. The average Bonchev–Trinajstić information content (AvgIpc) is 0.439. The zero-order chi connectivity index (χ0) is 10.3. The quantitative estimate of drug-likeness (QED) is 0.474. The topological polar surface area (TPSA) is 171 Å². The van der Waals surface area contributed by atoms with E-state index in [1.54, 1.807) is 0 Å². The van der Waals surface area contributed by atoms with Gasteiger partial charge in [0.2, 0.25) is 0 Å². The molecule has 0 spiro atoms. The van der Waals surface area contributed by atoms with Crippen molar-refractivity contribution in [1.82, 2.24) is 0 Å². The molecular weight excluding hydrogens is 212 g/mol. The van der Waals surface area contributed by atoms with Crippen molar-refractivity contribution >= 4 is 0 Å². The molecule has 0 unspecified atom stereocenters. The normalized spacial score (nSPS) is 20.0. The van der Waals surface area contributed by atoms with Crippen molar-refractivity contribution in [1.29, 1.82) is 0 Å². The summed E-state index contributed by atoms with van der Waals surface area (Å²) in [5.74, 6) is -16.6. The maximum atomic E-state index is 8.69. The summed E-state index contributed by atoms with van der Waals surface area (Å²) in [7, 11) is 0. The number of hydrogen-bond acceptors (Lipinski definition) is 10. The van der Waals surface area contributed by atoms with Crippen LogP contribution in [0.4, 0.5) is 0 Å². The Hall–Kier alpha value is -1.47. The standard InChI is InChI=1S/Cr.10O. The molecule has 0 radical (unpaired) electrons. The minimum atomic E-state index is -16.6. The molecule has 0 aromatic carbocycles. The molecule has 0 fully saturated rings. The molecule has 0 aromatic heterocycles. The van der Waals surface area contributed by atoms with Gasteiger partial charge < -0.3 is 0 Å². The molecule has 10 nitrogen and oxygen atoms in total. The van der Waals surface area contributed by atoms with Crippen molar-refractivity contribution in [3.8, 4) is 0 Å². The third-order valence-electron chi connectivity index (χ3n) is 0. The van der Waals surface area contributed by atoms with Crippen molar-refractivity contribution in [2.24, 2.45) is 0 Å². The van der Waals surface area contributed by atoms with Gasteiger partial charge in [0.05, 0.1) is 0 Å². The van der Waals surface area contributed by atoms with E-state index >= 15 is 0 Å². The van der Waals surface area contributed by atoms with Gasteiger partial charge in [-0.15, -0.1) is 0 Å². The first-order chi connectivity index (χ1) is 3.16. The summed E-state index contributed by atoms with van der Waals surface area (Å²) in [6.07, 6.45) is 0. The summed E-state index contributed by atoms with van der Waals surface area (Å²) in [6, 6.07) is 0. The summed E-state index contributed by atoms with van der Waals surface area (Å²) < 4.78 is 86.9. The van der Waals surface area contributed by atoms with Gasteiger partial charge in [0.1, 0.15) is 0 Å². The van der Waals surface area contributed by atoms with Crippen LogP contribution < -0.4 is 0 Å². The van der Waals surface area contributed by atoms with Gasteiger partial charge in [-0.25, -0.2) is 0 Å². The molecule has 0 saturated carbocycles. The second-order valence-electron chi connectivity index (χ2n) is 3.06. The van der Waals surface area contributed by atoms with E-state index in [1.807, 2.05) is 0 Å². The first-order valence-electron chi connectivity index (χ1n) is 1.67. The second-order valence-corrected chi connectivity index (χ2v) is 12.6. The van der Waals surface area contributed by atoms with Crippen molar-refractivity contribution in [3.05, 3.63) is 0 Å². The van der Waals surface area contributed by atoms with Crippen LogP contribution >= 0.6 is 0 Å². The predicted octanol–water partition coefficient (Wildman–Crippen LogP) is -1.19. The van der Waals surface area contributed by atoms with Crippen molar-refractivity contribution in [2.45, 2.75) is 0 Å². The molecule has 0 N–H and O–H groups in total. The van der Waals surface area contributed by atoms with Crippen LogP contribution in [0.1, 0.15) is 0 Å². The molecule has 0 aliphatic heterocycles. The van der Waals surface area contributed by atoms with Crippen LogP contribution in [0.25, 0.3) is 0 Å². The van der Waals surface area contributed by atoms with Gasteiger partial charge in [0, 0.05) is 0 Å². The Labute approximate surface area is 45.0 Å². The van der Waals surface area contributed by atoms with E-state index in [0.717, 1.165) is 0 Å². The summed E-state index contributed by atoms with van der Waals surface area (Å²) in [6.45, 7) is 0. The fourth-order valence-electron chi connectivity index (χ4n) is 0. The molecule has 11 heavy (non-hydrogen) atoms. The summed E-state index contributed by atoms with van der Waals surface area (Å²) in [5.41, 5.74) is 0. The summed E-state index contributed by atoms with van der Waals surface area (Å²) >= 11 is 0. The van der Waals surface area contributed by atoms with Gasteiger partial charge in [-0.2, -0.15) is 0 Å². The van der Waals surface area contributed by atoms with Gasteiger partial charge in [-0.05, 0) is 0 Å². The maximum absolute atomic E-state index is 16.6. The Balaban J connectivity index is 14.5. The zero-order valence-electron chi connectivity index (χ0n) is 4.49. The molecule has 0 aromatic rings. The van der Waals surface area contributed by atoms with Gasteiger partial charge in [0.25, 0.3) is 0 Å². The molecule has 11 heteroatoms. The molecule has 0 bridgehead atoms. The predicted molar refractivity (Wildman–Crippen MR) is 6.86 cm³/mol. The Kier molecular flexibility index (Phi) is 0.221. The van der Waals surface area contributed by atoms with Crippen molar-refractivity contribution < 1.29 is 44.0 Å². The fraction of sp³-hybridized carbons (Fsp3) is 0. The molecular formula is CrO10. The van der Waals surface area contributed by atoms with E-state index < -0.39 is 6.00 Å². The Morgan fingerprint density at radius 3 is 0.364 bits per heavy atom. The molecule has 0 atom stereocenters. The van der Waals surface area contributed by atoms with E-state index in [9.17, 15) is 0 Å². The van der Waals surface area contributed by atoms with Gasteiger partial charge in [-0.1, -0.05) is 0 Å². The van der Waals surface area contributed by atoms with Crippen molar-refractivity contribution in [3.63, 3.8) is 0 Å². The third-order valence-corrected chi connectivity index (χ3v) is 0. The van der Waals surface area contributed by atoms with Crippen LogP contribution in [0.2, 0.25) is 0 Å². The number of rotatable bonds is 0. The van der Waals surface area contributed by atoms with E-state index in [2.05, 4.69) is 0 Å². The summed E-state index contributed by atoms with van der Waals surface area (Å²) in [5, 5.41) is 0. The van der Waals surface area contributed by atoms with Crippen LogP contribution in [-0.4, -0.2) is 0 Å². The Morgan fingerprint density at radius 1 is 0.364 bits per heavy atom. The van der Waals surface area contributed by atoms with Crippen molar-refractivity contribution in [2.75, 3.05) is 0 Å². The van der Waals surface area contributed by atoms with Crippen LogP contribution in [-0.2, 0) is 44.0 Å². The molecule has 0 saturated heterocycles. The first-order valence-corrected chi connectivity index (χ1v) is 6.87. The van der Waals surface area contributed by atoms with E-state index in [1.165, 1.54) is 0 Å². The second kappa shape index (κ2) is 0.255. The van der Waals surface area contributed by atoms with Crippen LogP contribution in [0, 0.1) is 0 Å². The van der Waals surface area contributed by atoms with Crippen LogP contribution in [0.3, 0.4) is 0 Å². The van der Waals surface area contributed by atoms with E-state index in [4.69, 9.17) is 38.0 Å². The third kappa shape index (κ3) is 169. The molecule has 0 heterocycles. The van der Waals surface area contributed by atoms with Gasteiger partial charge >= 0.3 is 44.0 Å². The molecule has 66 valence electrons. The molecule has 0 rings (SSSR count). The van der Waals surface area contributed by atoms with Gasteiger partial charge in [-0.3, -0.25) is 0 Å². The van der Waals surface area contributed by atoms with Crippen LogP contribution in [0.5, 0.6) is 0 Å². The zero-order valence-corrected chi connectivity index (χ0v) is 5.77. The van der Waals surface area contributed by atoms with Gasteiger partial charge in [0.15, 0.2) is 0 Å². The Morgan fingerprint density at radius 2 is 0.364 bits per heavy atom. The van der Waals surface area contributed by atoms with Crippen LogP contribution in [0.15, 0.2) is 0 Å².